The summed E-state index contributed by atoms with van der Waals surface area (Å²) in [4.78, 5) is 32.3. The maximum absolute atomic E-state index is 13.0. The Labute approximate surface area is 162 Å². The molecule has 27 heavy (non-hydrogen) atoms. The number of nitrogens with zero attached hydrogens (tertiary/aromatic N) is 1. The fourth-order valence-electron chi connectivity index (χ4n) is 4.44. The van der Waals surface area contributed by atoms with Crippen LogP contribution in [0.2, 0.25) is 0 Å². The fraction of sp³-hybridized carbons (Fsp3) is 0.476. The van der Waals surface area contributed by atoms with Gasteiger partial charge < -0.3 is 9.72 Å². The van der Waals surface area contributed by atoms with E-state index in [2.05, 4.69) is 17.1 Å². The maximum atomic E-state index is 13.0. The standard InChI is InChI=1S/C21H24N2O3S/c1-2-26-17(24)12-27-21-22-19-15-10-6-5-9-14(15)11-16(13-7-3-4-8-13)18(19)20(25)23-21/h5-6,9-10,13,16H,2-4,7-8,11-12H2,1H3,(H,22,23,25)/t16-/m1/s1. The highest BCUT2D eigenvalue weighted by atomic mass is 32.2. The summed E-state index contributed by atoms with van der Waals surface area (Å²) in [5.41, 5.74) is 3.88. The molecular formula is C21H24N2O3S. The number of nitrogens with one attached hydrogen (secondary N) is 1. The molecule has 5 nitrogen and oxygen atoms in total. The number of H-pyrrole nitrogens is 1. The molecule has 6 heteroatoms. The Morgan fingerprint density at radius 2 is 2.07 bits per heavy atom. The van der Waals surface area contributed by atoms with Crippen molar-refractivity contribution in [2.75, 3.05) is 12.4 Å². The van der Waals surface area contributed by atoms with Gasteiger partial charge in [-0.1, -0.05) is 48.9 Å². The number of hydrogen-bond donors (Lipinski definition) is 1. The van der Waals surface area contributed by atoms with Gasteiger partial charge in [0.15, 0.2) is 5.16 Å². The minimum absolute atomic E-state index is 0.0576. The van der Waals surface area contributed by atoms with Gasteiger partial charge in [0.2, 0.25) is 0 Å². The van der Waals surface area contributed by atoms with Crippen LogP contribution in [0.15, 0.2) is 34.2 Å². The summed E-state index contributed by atoms with van der Waals surface area (Å²) in [6.07, 6.45) is 5.78. The number of rotatable bonds is 5. The number of benzene rings is 1. The SMILES string of the molecule is CCOC(=O)CSc1nc2c(c(=O)[nH]1)[C@@H](C1CCCC1)Cc1ccccc1-2. The van der Waals surface area contributed by atoms with Crippen molar-refractivity contribution in [2.24, 2.45) is 5.92 Å². The molecule has 2 aliphatic carbocycles. The lowest BCUT2D eigenvalue weighted by atomic mass is 9.74. The van der Waals surface area contributed by atoms with E-state index in [0.717, 1.165) is 23.2 Å². The first-order valence-electron chi connectivity index (χ1n) is 9.68. The molecule has 4 rings (SSSR count). The van der Waals surface area contributed by atoms with Gasteiger partial charge in [-0.3, -0.25) is 9.59 Å². The summed E-state index contributed by atoms with van der Waals surface area (Å²) < 4.78 is 4.97. The van der Waals surface area contributed by atoms with E-state index >= 15 is 0 Å². The molecule has 1 atom stereocenters. The third-order valence-corrected chi connectivity index (χ3v) is 6.46. The first kappa shape index (κ1) is 18.3. The van der Waals surface area contributed by atoms with Crippen LogP contribution in [-0.2, 0) is 16.0 Å². The van der Waals surface area contributed by atoms with Crippen molar-refractivity contribution in [3.8, 4) is 11.3 Å². The van der Waals surface area contributed by atoms with E-state index < -0.39 is 0 Å². The first-order valence-corrected chi connectivity index (χ1v) is 10.7. The number of ether oxygens (including phenoxy) is 1. The van der Waals surface area contributed by atoms with Crippen molar-refractivity contribution >= 4 is 17.7 Å². The number of fused-ring (bicyclic) bond motifs is 3. The molecule has 0 aliphatic heterocycles. The van der Waals surface area contributed by atoms with Crippen LogP contribution in [0.3, 0.4) is 0 Å². The quantitative estimate of drug-likeness (QED) is 0.480. The molecule has 2 aromatic rings. The van der Waals surface area contributed by atoms with E-state index in [1.807, 2.05) is 12.1 Å². The van der Waals surface area contributed by atoms with Crippen LogP contribution < -0.4 is 5.56 Å². The molecule has 1 aromatic heterocycles. The van der Waals surface area contributed by atoms with Gasteiger partial charge in [-0.2, -0.15) is 0 Å². The zero-order valence-corrected chi connectivity index (χ0v) is 16.3. The van der Waals surface area contributed by atoms with Crippen molar-refractivity contribution < 1.29 is 9.53 Å². The van der Waals surface area contributed by atoms with E-state index in [4.69, 9.17) is 9.72 Å². The molecule has 0 amide bonds. The number of hydrogen-bond acceptors (Lipinski definition) is 5. The Kier molecular flexibility index (Phi) is 5.34. The second kappa shape index (κ2) is 7.89. The van der Waals surface area contributed by atoms with Crippen molar-refractivity contribution in [3.05, 3.63) is 45.7 Å². The van der Waals surface area contributed by atoms with Gasteiger partial charge in [0, 0.05) is 11.1 Å². The Morgan fingerprint density at radius 1 is 1.30 bits per heavy atom. The molecular weight excluding hydrogens is 360 g/mol. The second-order valence-corrected chi connectivity index (χ2v) is 8.20. The smallest absolute Gasteiger partial charge is 0.316 e. The fourth-order valence-corrected chi connectivity index (χ4v) is 5.10. The summed E-state index contributed by atoms with van der Waals surface area (Å²) in [5, 5.41) is 0.480. The molecule has 1 N–H and O–H groups in total. The summed E-state index contributed by atoms with van der Waals surface area (Å²) in [5.74, 6) is 0.631. The highest BCUT2D eigenvalue weighted by Crippen LogP contribution is 2.45. The lowest BCUT2D eigenvalue weighted by Crippen LogP contribution is -2.28. The normalized spacial score (nSPS) is 18.8. The van der Waals surface area contributed by atoms with Crippen LogP contribution in [0.5, 0.6) is 0 Å². The number of aromatic nitrogens is 2. The van der Waals surface area contributed by atoms with Crippen LogP contribution >= 0.6 is 11.8 Å². The maximum Gasteiger partial charge on any atom is 0.316 e. The topological polar surface area (TPSA) is 72.0 Å². The molecule has 2 aliphatic rings. The van der Waals surface area contributed by atoms with E-state index in [0.29, 0.717) is 17.7 Å². The average Bonchev–Trinajstić information content (AvgIpc) is 3.20. The molecule has 0 saturated heterocycles. The summed E-state index contributed by atoms with van der Waals surface area (Å²) in [6.45, 7) is 2.13. The van der Waals surface area contributed by atoms with E-state index in [-0.39, 0.29) is 23.2 Å². The Hall–Kier alpha value is -2.08. The van der Waals surface area contributed by atoms with Crippen LogP contribution in [0, 0.1) is 5.92 Å². The highest BCUT2D eigenvalue weighted by Gasteiger charge is 2.35. The van der Waals surface area contributed by atoms with Crippen molar-refractivity contribution in [1.29, 1.82) is 0 Å². The molecule has 0 spiro atoms. The van der Waals surface area contributed by atoms with Crippen LogP contribution in [0.25, 0.3) is 11.3 Å². The van der Waals surface area contributed by atoms with Gasteiger partial charge in [0.25, 0.3) is 5.56 Å². The third kappa shape index (κ3) is 3.68. The predicted octanol–water partition coefficient (Wildman–Crippen LogP) is 3.92. The van der Waals surface area contributed by atoms with Crippen molar-refractivity contribution in [2.45, 2.75) is 50.1 Å². The zero-order valence-electron chi connectivity index (χ0n) is 15.5. The Bertz CT molecular complexity index is 903. The molecule has 1 saturated carbocycles. The zero-order chi connectivity index (χ0) is 18.8. The van der Waals surface area contributed by atoms with Gasteiger partial charge in [-0.15, -0.1) is 0 Å². The molecule has 0 bridgehead atoms. The highest BCUT2D eigenvalue weighted by molar-refractivity contribution is 7.99. The lowest BCUT2D eigenvalue weighted by molar-refractivity contribution is -0.139. The number of aromatic amines is 1. The van der Waals surface area contributed by atoms with E-state index in [1.165, 1.54) is 43.0 Å². The van der Waals surface area contributed by atoms with Crippen LogP contribution in [0.1, 0.15) is 49.7 Å². The molecule has 142 valence electrons. The van der Waals surface area contributed by atoms with Gasteiger partial charge in [0.1, 0.15) is 0 Å². The Morgan fingerprint density at radius 3 is 2.85 bits per heavy atom. The van der Waals surface area contributed by atoms with Gasteiger partial charge in [0.05, 0.1) is 18.1 Å². The first-order chi connectivity index (χ1) is 13.2. The average molecular weight is 385 g/mol. The minimum atomic E-state index is -0.299. The second-order valence-electron chi connectivity index (χ2n) is 7.24. The minimum Gasteiger partial charge on any atom is -0.465 e. The number of thioether (sulfide) groups is 1. The van der Waals surface area contributed by atoms with Crippen molar-refractivity contribution in [3.63, 3.8) is 0 Å². The van der Waals surface area contributed by atoms with Gasteiger partial charge >= 0.3 is 5.97 Å². The predicted molar refractivity (Wildman–Crippen MR) is 106 cm³/mol. The van der Waals surface area contributed by atoms with E-state index in [1.54, 1.807) is 6.92 Å². The van der Waals surface area contributed by atoms with Crippen LogP contribution in [-0.4, -0.2) is 28.3 Å². The molecule has 1 fully saturated rings. The monoisotopic (exact) mass is 384 g/mol. The molecule has 1 aromatic carbocycles. The number of carbonyl (C=O) groups is 1. The molecule has 0 unspecified atom stereocenters. The lowest BCUT2D eigenvalue weighted by Gasteiger charge is -2.30. The number of esters is 1. The molecule has 1 heterocycles. The third-order valence-electron chi connectivity index (χ3n) is 5.62. The molecule has 0 radical (unpaired) electrons. The summed E-state index contributed by atoms with van der Waals surface area (Å²) in [6, 6.07) is 8.24. The van der Waals surface area contributed by atoms with Gasteiger partial charge in [-0.05, 0) is 43.6 Å². The van der Waals surface area contributed by atoms with Gasteiger partial charge in [-0.25, -0.2) is 4.98 Å². The summed E-state index contributed by atoms with van der Waals surface area (Å²) >= 11 is 1.22. The van der Waals surface area contributed by atoms with Crippen molar-refractivity contribution in [1.82, 2.24) is 9.97 Å². The van der Waals surface area contributed by atoms with E-state index in [9.17, 15) is 9.59 Å². The Balaban J connectivity index is 1.73. The largest absolute Gasteiger partial charge is 0.465 e. The summed E-state index contributed by atoms with van der Waals surface area (Å²) in [7, 11) is 0. The van der Waals surface area contributed by atoms with Crippen LogP contribution in [0.4, 0.5) is 0 Å². The number of carbonyl (C=O) groups excluding carboxylic acids is 1.